The molecule has 2 aromatic rings. The Morgan fingerprint density at radius 2 is 1.89 bits per heavy atom. The maximum absolute atomic E-state index is 14.2. The van der Waals surface area contributed by atoms with Gasteiger partial charge in [0.1, 0.15) is 0 Å². The van der Waals surface area contributed by atoms with Crippen molar-refractivity contribution in [1.29, 1.82) is 0 Å². The molecule has 0 radical (unpaired) electrons. The minimum absolute atomic E-state index is 0.0135. The Kier molecular flexibility index (Phi) is 5.36. The van der Waals surface area contributed by atoms with Crippen LogP contribution in [-0.4, -0.2) is 24.2 Å². The Morgan fingerprint density at radius 1 is 1.21 bits per heavy atom. The predicted octanol–water partition coefficient (Wildman–Crippen LogP) is 3.57. The maximum atomic E-state index is 14.2. The number of rotatable bonds is 6. The first-order valence-corrected chi connectivity index (χ1v) is 9.91. The highest BCUT2D eigenvalue weighted by molar-refractivity contribution is 5.77. The maximum Gasteiger partial charge on any atom is 0.220 e. The molecule has 0 spiro atoms. The lowest BCUT2D eigenvalue weighted by atomic mass is 9.75. The quantitative estimate of drug-likeness (QED) is 0.802. The van der Waals surface area contributed by atoms with Crippen LogP contribution in [0.3, 0.4) is 0 Å². The Morgan fingerprint density at radius 3 is 2.46 bits per heavy atom. The van der Waals surface area contributed by atoms with Gasteiger partial charge in [-0.1, -0.05) is 30.3 Å². The molecule has 4 rings (SSSR count). The topological polar surface area (TPSA) is 58.6 Å². The molecule has 0 bridgehead atoms. The van der Waals surface area contributed by atoms with Crippen molar-refractivity contribution in [2.24, 2.45) is 11.8 Å². The van der Waals surface area contributed by atoms with Gasteiger partial charge in [-0.05, 0) is 66.3 Å². The Hall–Kier alpha value is -2.40. The summed E-state index contributed by atoms with van der Waals surface area (Å²) in [6, 6.07) is 12.9. The Bertz CT molecular complexity index is 838. The Labute approximate surface area is 164 Å². The molecular formula is C23H26FNO3. The summed E-state index contributed by atoms with van der Waals surface area (Å²) in [4.78, 5) is 12.8. The molecule has 0 saturated heterocycles. The lowest BCUT2D eigenvalue weighted by Crippen LogP contribution is -2.41. The first kappa shape index (κ1) is 18.9. The number of nitrogens with one attached hydrogen (secondary N) is 1. The lowest BCUT2D eigenvalue weighted by molar-refractivity contribution is -0.123. The van der Waals surface area contributed by atoms with Crippen molar-refractivity contribution in [1.82, 2.24) is 5.32 Å². The molecule has 0 aromatic heterocycles. The van der Waals surface area contributed by atoms with Gasteiger partial charge in [0, 0.05) is 6.42 Å². The second kappa shape index (κ2) is 7.92. The molecule has 28 heavy (non-hydrogen) atoms. The van der Waals surface area contributed by atoms with E-state index in [-0.39, 0.29) is 29.7 Å². The molecule has 148 valence electrons. The van der Waals surface area contributed by atoms with E-state index in [4.69, 9.17) is 4.74 Å². The van der Waals surface area contributed by atoms with Gasteiger partial charge in [0.25, 0.3) is 0 Å². The van der Waals surface area contributed by atoms with Crippen LogP contribution < -0.4 is 10.1 Å². The van der Waals surface area contributed by atoms with Crippen LogP contribution in [0.4, 0.5) is 4.39 Å². The van der Waals surface area contributed by atoms with Crippen LogP contribution in [0, 0.1) is 17.7 Å². The molecule has 2 aromatic carbocycles. The average molecular weight is 383 g/mol. The highest BCUT2D eigenvalue weighted by Gasteiger charge is 2.36. The largest absolute Gasteiger partial charge is 0.494 e. The summed E-state index contributed by atoms with van der Waals surface area (Å²) in [6.45, 7) is 0. The number of methoxy groups -OCH3 is 1. The summed E-state index contributed by atoms with van der Waals surface area (Å²) in [7, 11) is 1.43. The van der Waals surface area contributed by atoms with Crippen LogP contribution in [0.2, 0.25) is 0 Å². The number of hydrogen-bond acceptors (Lipinski definition) is 3. The first-order valence-electron chi connectivity index (χ1n) is 9.91. The molecule has 1 fully saturated rings. The van der Waals surface area contributed by atoms with E-state index in [0.29, 0.717) is 25.2 Å². The number of halogens is 1. The molecule has 1 amide bonds. The first-order chi connectivity index (χ1) is 13.5. The summed E-state index contributed by atoms with van der Waals surface area (Å²) in [5.41, 5.74) is 3.38. The van der Waals surface area contributed by atoms with E-state index < -0.39 is 5.82 Å². The van der Waals surface area contributed by atoms with Crippen molar-refractivity contribution in [3.8, 4) is 5.75 Å². The molecular weight excluding hydrogens is 357 g/mol. The van der Waals surface area contributed by atoms with Gasteiger partial charge in [0.05, 0.1) is 19.3 Å². The zero-order valence-corrected chi connectivity index (χ0v) is 16.0. The highest BCUT2D eigenvalue weighted by atomic mass is 19.1. The molecule has 0 unspecified atom stereocenters. The lowest BCUT2D eigenvalue weighted by Gasteiger charge is -2.38. The number of benzene rings is 2. The van der Waals surface area contributed by atoms with E-state index >= 15 is 0 Å². The number of amides is 1. The van der Waals surface area contributed by atoms with Crippen LogP contribution in [0.15, 0.2) is 42.5 Å². The molecule has 2 aliphatic rings. The van der Waals surface area contributed by atoms with Crippen molar-refractivity contribution in [3.63, 3.8) is 0 Å². The smallest absolute Gasteiger partial charge is 0.220 e. The predicted molar refractivity (Wildman–Crippen MR) is 105 cm³/mol. The van der Waals surface area contributed by atoms with E-state index in [1.807, 2.05) is 12.1 Å². The highest BCUT2D eigenvalue weighted by Crippen LogP contribution is 2.39. The molecule has 0 heterocycles. The van der Waals surface area contributed by atoms with Crippen molar-refractivity contribution in [3.05, 3.63) is 65.0 Å². The minimum Gasteiger partial charge on any atom is -0.494 e. The summed E-state index contributed by atoms with van der Waals surface area (Å²) < 4.78 is 19.2. The van der Waals surface area contributed by atoms with E-state index in [1.165, 1.54) is 24.3 Å². The van der Waals surface area contributed by atoms with Crippen LogP contribution in [0.1, 0.15) is 42.0 Å². The van der Waals surface area contributed by atoms with Gasteiger partial charge >= 0.3 is 0 Å². The van der Waals surface area contributed by atoms with E-state index in [1.54, 1.807) is 12.1 Å². The summed E-state index contributed by atoms with van der Waals surface area (Å²) >= 11 is 0. The normalized spacial score (nSPS) is 22.2. The number of carbonyl (C=O) groups excluding carboxylic acids is 1. The van der Waals surface area contributed by atoms with Crippen LogP contribution in [-0.2, 0) is 17.6 Å². The SMILES string of the molecule is COc1ccc([C@H](NC(=O)CC2Cc3ccccc3C2)C2CC(O)C2)cc1F. The van der Waals surface area contributed by atoms with Gasteiger partial charge in [-0.25, -0.2) is 4.39 Å². The number of carbonyl (C=O) groups is 1. The number of hydrogen-bond donors (Lipinski definition) is 2. The zero-order chi connectivity index (χ0) is 19.7. The fraction of sp³-hybridized carbons (Fsp3) is 0.435. The molecule has 1 saturated carbocycles. The van der Waals surface area contributed by atoms with E-state index in [2.05, 4.69) is 17.4 Å². The Balaban J connectivity index is 1.44. The summed E-state index contributed by atoms with van der Waals surface area (Å²) in [6.07, 6.45) is 3.21. The van der Waals surface area contributed by atoms with E-state index in [0.717, 1.165) is 18.4 Å². The number of aliphatic hydroxyl groups is 1. The second-order valence-electron chi connectivity index (χ2n) is 8.07. The van der Waals surface area contributed by atoms with Crippen LogP contribution in [0.25, 0.3) is 0 Å². The van der Waals surface area contributed by atoms with Crippen molar-refractivity contribution >= 4 is 5.91 Å². The summed E-state index contributed by atoms with van der Waals surface area (Å²) in [5.74, 6) is 0.155. The fourth-order valence-corrected chi connectivity index (χ4v) is 4.54. The standard InChI is InChI=1S/C23H26FNO3/c1-28-21-7-6-17(13-20(21)24)23(18-11-19(26)12-18)25-22(27)10-14-8-15-4-2-3-5-16(15)9-14/h2-7,13-14,18-19,23,26H,8-12H2,1H3,(H,25,27)/t18?,19?,23-/m0/s1. The monoisotopic (exact) mass is 383 g/mol. The third-order valence-electron chi connectivity index (χ3n) is 6.08. The van der Waals surface area contributed by atoms with Gasteiger partial charge in [0.15, 0.2) is 11.6 Å². The van der Waals surface area contributed by atoms with Gasteiger partial charge in [-0.15, -0.1) is 0 Å². The van der Waals surface area contributed by atoms with Gasteiger partial charge in [-0.3, -0.25) is 4.79 Å². The zero-order valence-electron chi connectivity index (χ0n) is 16.0. The molecule has 2 aliphatic carbocycles. The molecule has 0 aliphatic heterocycles. The number of aliphatic hydroxyl groups excluding tert-OH is 1. The van der Waals surface area contributed by atoms with E-state index in [9.17, 15) is 14.3 Å². The van der Waals surface area contributed by atoms with Crippen molar-refractivity contribution < 1.29 is 19.0 Å². The molecule has 2 N–H and O–H groups in total. The van der Waals surface area contributed by atoms with Gasteiger partial charge in [0.2, 0.25) is 5.91 Å². The van der Waals surface area contributed by atoms with Crippen LogP contribution in [0.5, 0.6) is 5.75 Å². The number of ether oxygens (including phenoxy) is 1. The molecule has 5 heteroatoms. The van der Waals surface area contributed by atoms with Crippen molar-refractivity contribution in [2.75, 3.05) is 7.11 Å². The minimum atomic E-state index is -0.439. The average Bonchev–Trinajstić information content (AvgIpc) is 3.06. The third kappa shape index (κ3) is 3.90. The second-order valence-corrected chi connectivity index (χ2v) is 8.07. The fourth-order valence-electron chi connectivity index (χ4n) is 4.54. The molecule has 1 atom stereocenters. The van der Waals surface area contributed by atoms with Gasteiger partial charge < -0.3 is 15.2 Å². The van der Waals surface area contributed by atoms with Crippen LogP contribution >= 0.6 is 0 Å². The summed E-state index contributed by atoms with van der Waals surface area (Å²) in [5, 5.41) is 12.8. The van der Waals surface area contributed by atoms with Gasteiger partial charge in [-0.2, -0.15) is 0 Å². The third-order valence-corrected chi connectivity index (χ3v) is 6.08. The van der Waals surface area contributed by atoms with Crippen molar-refractivity contribution in [2.45, 2.75) is 44.2 Å². The number of fused-ring (bicyclic) bond motifs is 1. The molecule has 4 nitrogen and oxygen atoms in total.